The summed E-state index contributed by atoms with van der Waals surface area (Å²) in [6, 6.07) is 7.27. The third-order valence-corrected chi connectivity index (χ3v) is 3.77. The normalized spacial score (nSPS) is 11.6. The van der Waals surface area contributed by atoms with Crippen molar-refractivity contribution < 1.29 is 23.4 Å². The smallest absolute Gasteiger partial charge is 0.265 e. The number of carbonyl (C=O) groups is 1. The van der Waals surface area contributed by atoms with Crippen molar-refractivity contribution in [2.75, 3.05) is 19.5 Å². The number of ether oxygens (including phenoxy) is 3. The molecule has 0 bridgehead atoms. The molecule has 0 saturated carbocycles. The van der Waals surface area contributed by atoms with Crippen LogP contribution in [0.15, 0.2) is 30.3 Å². The van der Waals surface area contributed by atoms with Gasteiger partial charge in [0.15, 0.2) is 17.6 Å². The molecule has 0 heterocycles. The molecule has 1 amide bonds. The zero-order valence-electron chi connectivity index (χ0n) is 14.4. The zero-order chi connectivity index (χ0) is 18.6. The van der Waals surface area contributed by atoms with E-state index >= 15 is 0 Å². The third-order valence-electron chi connectivity index (χ3n) is 3.46. The summed E-state index contributed by atoms with van der Waals surface area (Å²) >= 11 is 5.92. The fourth-order valence-electron chi connectivity index (χ4n) is 2.18. The summed E-state index contributed by atoms with van der Waals surface area (Å²) in [5, 5.41) is 2.70. The van der Waals surface area contributed by atoms with Gasteiger partial charge in [-0.25, -0.2) is 4.39 Å². The van der Waals surface area contributed by atoms with Crippen LogP contribution in [0.1, 0.15) is 12.5 Å². The Morgan fingerprint density at radius 2 is 1.76 bits per heavy atom. The van der Waals surface area contributed by atoms with Crippen molar-refractivity contribution in [2.45, 2.75) is 20.0 Å². The van der Waals surface area contributed by atoms with Crippen molar-refractivity contribution in [3.8, 4) is 17.2 Å². The summed E-state index contributed by atoms with van der Waals surface area (Å²) in [5.74, 6) is 0.302. The molecule has 25 heavy (non-hydrogen) atoms. The fourth-order valence-corrected chi connectivity index (χ4v) is 2.40. The largest absolute Gasteiger partial charge is 0.493 e. The monoisotopic (exact) mass is 367 g/mol. The van der Waals surface area contributed by atoms with Crippen molar-refractivity contribution in [3.63, 3.8) is 0 Å². The maximum Gasteiger partial charge on any atom is 0.265 e. The highest BCUT2D eigenvalue weighted by molar-refractivity contribution is 6.33. The van der Waals surface area contributed by atoms with Crippen molar-refractivity contribution >= 4 is 23.2 Å². The van der Waals surface area contributed by atoms with E-state index in [-0.39, 0.29) is 5.02 Å². The molecule has 134 valence electrons. The number of hydrogen-bond donors (Lipinski definition) is 1. The lowest BCUT2D eigenvalue weighted by Gasteiger charge is -2.19. The SMILES string of the molecule is COc1cc(C)cc(OC)c1O[C@H](C)C(=O)Nc1ccc(F)cc1Cl. The van der Waals surface area contributed by atoms with Gasteiger partial charge in [0.05, 0.1) is 24.9 Å². The van der Waals surface area contributed by atoms with Gasteiger partial charge in [0.25, 0.3) is 5.91 Å². The van der Waals surface area contributed by atoms with Gasteiger partial charge in [0.1, 0.15) is 5.82 Å². The minimum absolute atomic E-state index is 0.103. The molecule has 0 aliphatic rings. The summed E-state index contributed by atoms with van der Waals surface area (Å²) in [7, 11) is 3.01. The predicted octanol–water partition coefficient (Wildman–Crippen LogP) is 4.21. The molecule has 1 atom stereocenters. The van der Waals surface area contributed by atoms with E-state index in [0.29, 0.717) is 22.9 Å². The molecule has 0 radical (unpaired) electrons. The average molecular weight is 368 g/mol. The molecule has 0 aromatic heterocycles. The van der Waals surface area contributed by atoms with Crippen LogP contribution in [-0.4, -0.2) is 26.2 Å². The van der Waals surface area contributed by atoms with Crippen LogP contribution < -0.4 is 19.5 Å². The van der Waals surface area contributed by atoms with Gasteiger partial charge < -0.3 is 19.5 Å². The maximum atomic E-state index is 13.1. The summed E-state index contributed by atoms with van der Waals surface area (Å²) < 4.78 is 29.4. The maximum absolute atomic E-state index is 13.1. The lowest BCUT2D eigenvalue weighted by atomic mass is 10.2. The van der Waals surface area contributed by atoms with Crippen molar-refractivity contribution in [1.82, 2.24) is 0 Å². The molecule has 0 spiro atoms. The molecule has 5 nitrogen and oxygen atoms in total. The topological polar surface area (TPSA) is 56.8 Å². The van der Waals surface area contributed by atoms with E-state index in [1.165, 1.54) is 26.4 Å². The lowest BCUT2D eigenvalue weighted by Crippen LogP contribution is -2.30. The molecule has 2 aromatic carbocycles. The first-order valence-electron chi connectivity index (χ1n) is 7.51. The number of carbonyl (C=O) groups excluding carboxylic acids is 1. The minimum atomic E-state index is -0.869. The van der Waals surface area contributed by atoms with Crippen LogP contribution in [-0.2, 0) is 4.79 Å². The Morgan fingerprint density at radius 1 is 1.16 bits per heavy atom. The number of nitrogens with one attached hydrogen (secondary N) is 1. The van der Waals surface area contributed by atoms with Gasteiger partial charge >= 0.3 is 0 Å². The second-order valence-electron chi connectivity index (χ2n) is 5.37. The number of methoxy groups -OCH3 is 2. The molecule has 1 N–H and O–H groups in total. The average Bonchev–Trinajstić information content (AvgIpc) is 2.58. The first kappa shape index (κ1) is 18.9. The molecule has 0 unspecified atom stereocenters. The van der Waals surface area contributed by atoms with Gasteiger partial charge in [-0.2, -0.15) is 0 Å². The molecule has 0 aliphatic heterocycles. The van der Waals surface area contributed by atoms with Crippen LogP contribution in [0, 0.1) is 12.7 Å². The Balaban J connectivity index is 2.18. The zero-order valence-corrected chi connectivity index (χ0v) is 15.1. The van der Waals surface area contributed by atoms with Gasteiger partial charge in [0, 0.05) is 0 Å². The molecule has 7 heteroatoms. The van der Waals surface area contributed by atoms with Gasteiger partial charge in [-0.3, -0.25) is 4.79 Å². The highest BCUT2D eigenvalue weighted by atomic mass is 35.5. The highest BCUT2D eigenvalue weighted by Crippen LogP contribution is 2.39. The Hall–Kier alpha value is -2.47. The van der Waals surface area contributed by atoms with Crippen molar-refractivity contribution in [2.24, 2.45) is 0 Å². The fraction of sp³-hybridized carbons (Fsp3) is 0.278. The Bertz CT molecular complexity index is 757. The molecule has 0 aliphatic carbocycles. The summed E-state index contributed by atoms with van der Waals surface area (Å²) in [4.78, 5) is 12.4. The van der Waals surface area contributed by atoms with Gasteiger partial charge in [-0.15, -0.1) is 0 Å². The molecular weight excluding hydrogens is 349 g/mol. The van der Waals surface area contributed by atoms with E-state index in [1.54, 1.807) is 19.1 Å². The van der Waals surface area contributed by atoms with E-state index < -0.39 is 17.8 Å². The van der Waals surface area contributed by atoms with Gasteiger partial charge in [-0.1, -0.05) is 11.6 Å². The predicted molar refractivity (Wildman–Crippen MR) is 94.4 cm³/mol. The highest BCUT2D eigenvalue weighted by Gasteiger charge is 2.21. The minimum Gasteiger partial charge on any atom is -0.493 e. The molecule has 0 saturated heterocycles. The number of anilines is 1. The molecular formula is C18H19ClFNO4. The van der Waals surface area contributed by atoms with Crippen LogP contribution in [0.4, 0.5) is 10.1 Å². The van der Waals surface area contributed by atoms with Gasteiger partial charge in [-0.05, 0) is 49.7 Å². The number of amides is 1. The van der Waals surface area contributed by atoms with E-state index in [9.17, 15) is 9.18 Å². The lowest BCUT2D eigenvalue weighted by molar-refractivity contribution is -0.122. The number of hydrogen-bond acceptors (Lipinski definition) is 4. The Kier molecular flexibility index (Phi) is 6.09. The standard InChI is InChI=1S/C18H19ClFNO4/c1-10-7-15(23-3)17(16(8-10)24-4)25-11(2)18(22)21-14-6-5-12(20)9-13(14)19/h5-9,11H,1-4H3,(H,21,22)/t11-/m1/s1. The third kappa shape index (κ3) is 4.54. The summed E-state index contributed by atoms with van der Waals surface area (Å²) in [6.07, 6.45) is -0.869. The van der Waals surface area contributed by atoms with Crippen LogP contribution in [0.5, 0.6) is 17.2 Å². The van der Waals surface area contributed by atoms with E-state index in [4.69, 9.17) is 25.8 Å². The van der Waals surface area contributed by atoms with Gasteiger partial charge in [0.2, 0.25) is 5.75 Å². The van der Waals surface area contributed by atoms with Crippen LogP contribution in [0.2, 0.25) is 5.02 Å². The van der Waals surface area contributed by atoms with Crippen LogP contribution >= 0.6 is 11.6 Å². The van der Waals surface area contributed by atoms with Crippen molar-refractivity contribution in [3.05, 3.63) is 46.7 Å². The van der Waals surface area contributed by atoms with E-state index in [1.807, 2.05) is 6.92 Å². The first-order chi connectivity index (χ1) is 11.8. The van der Waals surface area contributed by atoms with Crippen LogP contribution in [0.25, 0.3) is 0 Å². The Labute approximate surface area is 150 Å². The van der Waals surface area contributed by atoms with Crippen molar-refractivity contribution in [1.29, 1.82) is 0 Å². The molecule has 2 aromatic rings. The van der Waals surface area contributed by atoms with Crippen LogP contribution in [0.3, 0.4) is 0 Å². The Morgan fingerprint density at radius 3 is 2.28 bits per heavy atom. The number of aryl methyl sites for hydroxylation is 1. The second kappa shape index (κ2) is 8.07. The summed E-state index contributed by atoms with van der Waals surface area (Å²) in [5.41, 5.74) is 1.22. The number of halogens is 2. The molecule has 2 rings (SSSR count). The molecule has 0 fully saturated rings. The van der Waals surface area contributed by atoms with E-state index in [0.717, 1.165) is 11.6 Å². The number of rotatable bonds is 6. The van der Waals surface area contributed by atoms with E-state index in [2.05, 4.69) is 5.32 Å². The summed E-state index contributed by atoms with van der Waals surface area (Å²) in [6.45, 7) is 3.47. The first-order valence-corrected chi connectivity index (χ1v) is 7.88. The number of benzene rings is 2. The second-order valence-corrected chi connectivity index (χ2v) is 5.78. The quantitative estimate of drug-likeness (QED) is 0.830.